The minimum atomic E-state index is -0.339. The van der Waals surface area contributed by atoms with Gasteiger partial charge in [-0.25, -0.2) is 4.79 Å². The van der Waals surface area contributed by atoms with Gasteiger partial charge in [0.2, 0.25) is 0 Å². The third kappa shape index (κ3) is 7.41. The fourth-order valence-corrected chi connectivity index (χ4v) is 6.35. The normalized spacial score (nSPS) is 25.1. The third-order valence-corrected chi connectivity index (χ3v) is 9.10. The minimum Gasteiger partial charge on any atom is -0.496 e. The molecule has 0 aromatic heterocycles. The summed E-state index contributed by atoms with van der Waals surface area (Å²) in [5.74, 6) is -0.0698. The highest BCUT2D eigenvalue weighted by Crippen LogP contribution is 2.31. The van der Waals surface area contributed by atoms with Crippen LogP contribution in [0.5, 0.6) is 5.75 Å². The van der Waals surface area contributed by atoms with Crippen molar-refractivity contribution in [2.75, 3.05) is 65.8 Å². The van der Waals surface area contributed by atoms with E-state index in [9.17, 15) is 14.4 Å². The Morgan fingerprint density at radius 1 is 0.953 bits per heavy atom. The Morgan fingerprint density at radius 3 is 2.33 bits per heavy atom. The fourth-order valence-electron chi connectivity index (χ4n) is 6.19. The first-order chi connectivity index (χ1) is 20.7. The van der Waals surface area contributed by atoms with E-state index in [1.165, 1.54) is 19.2 Å². The van der Waals surface area contributed by atoms with Gasteiger partial charge in [0.1, 0.15) is 11.9 Å². The summed E-state index contributed by atoms with van der Waals surface area (Å²) in [7, 11) is 3.09. The molecule has 2 amide bonds. The van der Waals surface area contributed by atoms with Crippen molar-refractivity contribution in [3.05, 3.63) is 58.1 Å². The summed E-state index contributed by atoms with van der Waals surface area (Å²) in [4.78, 5) is 43.0. The van der Waals surface area contributed by atoms with Crippen LogP contribution >= 0.6 is 11.6 Å². The molecule has 4 saturated heterocycles. The Hall–Kier alpha value is -3.38. The largest absolute Gasteiger partial charge is 0.496 e. The lowest BCUT2D eigenvalue weighted by atomic mass is 9.86. The number of nitrogens with two attached hydrogens (primary N) is 1. The second kappa shape index (κ2) is 13.9. The zero-order chi connectivity index (χ0) is 30.5. The van der Waals surface area contributed by atoms with Gasteiger partial charge in [-0.15, -0.1) is 0 Å². The number of benzene rings is 2. The number of hydrogen-bond donors (Lipinski definition) is 3. The second-order valence-corrected chi connectivity index (χ2v) is 11.8. The molecule has 2 aromatic carbocycles. The standard InChI is InChI=1S/C31H40ClN5O6/c1-41-26-16-24(33)23(32)15-22(26)30(39)35-25-9-13-37(18-28(25)42-2)14-10-34-29(38)20-3-5-21(6-4-20)31(40)43-27-17-36-11-7-19(27)8-12-36/h3-6,15-16,19,25,27-28H,7-14,17-18,33H2,1-2H3,(H,34,38)(H,35,39)/t25-,27?,28+/m1/s1. The molecule has 4 N–H and O–H groups in total. The SMILES string of the molecule is COc1cc(N)c(Cl)cc1C(=O)N[C@@H]1CCN(CCNC(=O)c2ccc(C(=O)OC3CN4CCC3CC4)cc2)C[C@@H]1OC. The second-order valence-electron chi connectivity index (χ2n) is 11.4. The van der Waals surface area contributed by atoms with Gasteiger partial charge in [0.25, 0.3) is 11.8 Å². The first kappa shape index (κ1) is 31.1. The minimum absolute atomic E-state index is 0.0524. The number of nitrogens with zero attached hydrogens (tertiary/aromatic N) is 2. The molecule has 4 heterocycles. The molecule has 11 nitrogen and oxygen atoms in total. The summed E-state index contributed by atoms with van der Waals surface area (Å²) < 4.78 is 16.8. The summed E-state index contributed by atoms with van der Waals surface area (Å²) in [6, 6.07) is 9.43. The van der Waals surface area contributed by atoms with Gasteiger partial charge in [0, 0.05) is 51.5 Å². The molecule has 2 aromatic rings. The van der Waals surface area contributed by atoms with E-state index < -0.39 is 0 Å². The van der Waals surface area contributed by atoms with Gasteiger partial charge in [-0.1, -0.05) is 11.6 Å². The molecule has 12 heteroatoms. The monoisotopic (exact) mass is 613 g/mol. The molecule has 4 aliphatic rings. The molecule has 0 spiro atoms. The number of esters is 1. The van der Waals surface area contributed by atoms with Crippen LogP contribution in [0.4, 0.5) is 5.69 Å². The predicted molar refractivity (Wildman–Crippen MR) is 163 cm³/mol. The molecule has 0 radical (unpaired) electrons. The number of likely N-dealkylation sites (tertiary alicyclic amines) is 1. The van der Waals surface area contributed by atoms with E-state index in [0.717, 1.165) is 39.0 Å². The van der Waals surface area contributed by atoms with Gasteiger partial charge >= 0.3 is 5.97 Å². The maximum atomic E-state index is 13.0. The molecule has 0 saturated carbocycles. The summed E-state index contributed by atoms with van der Waals surface area (Å²) >= 11 is 6.14. The van der Waals surface area contributed by atoms with E-state index >= 15 is 0 Å². The highest BCUT2D eigenvalue weighted by Gasteiger charge is 2.36. The number of rotatable bonds is 10. The molecule has 232 valence electrons. The Morgan fingerprint density at radius 2 is 1.67 bits per heavy atom. The van der Waals surface area contributed by atoms with E-state index in [2.05, 4.69) is 20.4 Å². The van der Waals surface area contributed by atoms with Gasteiger partial charge in [-0.3, -0.25) is 19.4 Å². The third-order valence-electron chi connectivity index (χ3n) is 8.78. The topological polar surface area (TPSA) is 135 Å². The summed E-state index contributed by atoms with van der Waals surface area (Å²) in [6.07, 6.45) is 2.53. The molecule has 4 fully saturated rings. The van der Waals surface area contributed by atoms with Crippen LogP contribution in [-0.4, -0.2) is 106 Å². The highest BCUT2D eigenvalue weighted by molar-refractivity contribution is 6.33. The number of nitrogens with one attached hydrogen (secondary N) is 2. The van der Waals surface area contributed by atoms with Crippen molar-refractivity contribution in [1.82, 2.24) is 20.4 Å². The number of carbonyl (C=O) groups is 3. The van der Waals surface area contributed by atoms with E-state index in [1.807, 2.05) is 0 Å². The predicted octanol–water partition coefficient (Wildman–Crippen LogP) is 2.43. The molecule has 1 unspecified atom stereocenters. The van der Waals surface area contributed by atoms with Crippen molar-refractivity contribution in [2.45, 2.75) is 37.5 Å². The maximum absolute atomic E-state index is 13.0. The van der Waals surface area contributed by atoms with Crippen LogP contribution in [0, 0.1) is 5.92 Å². The Bertz CT molecular complexity index is 1320. The van der Waals surface area contributed by atoms with E-state index in [-0.39, 0.29) is 41.1 Å². The van der Waals surface area contributed by atoms with Crippen LogP contribution < -0.4 is 21.1 Å². The number of halogens is 1. The zero-order valence-corrected chi connectivity index (χ0v) is 25.4. The number of amides is 2. The van der Waals surface area contributed by atoms with Crippen LogP contribution in [0.1, 0.15) is 50.3 Å². The molecular formula is C31H40ClN5O6. The number of ether oxygens (including phenoxy) is 3. The Kier molecular flexibility index (Phi) is 10.1. The highest BCUT2D eigenvalue weighted by atomic mass is 35.5. The number of anilines is 1. The lowest BCUT2D eigenvalue weighted by Crippen LogP contribution is -2.55. The molecule has 0 aliphatic carbocycles. The number of fused-ring (bicyclic) bond motifs is 3. The molecule has 4 aliphatic heterocycles. The number of hydrogen-bond acceptors (Lipinski definition) is 9. The van der Waals surface area contributed by atoms with Gasteiger partial charge in [0.05, 0.1) is 41.1 Å². The summed E-state index contributed by atoms with van der Waals surface area (Å²) in [5, 5.41) is 6.27. The van der Waals surface area contributed by atoms with E-state index in [0.29, 0.717) is 60.1 Å². The van der Waals surface area contributed by atoms with E-state index in [4.69, 9.17) is 31.5 Å². The van der Waals surface area contributed by atoms with Crippen molar-refractivity contribution in [3.8, 4) is 5.75 Å². The van der Waals surface area contributed by atoms with Gasteiger partial charge in [-0.2, -0.15) is 0 Å². The van der Waals surface area contributed by atoms with Crippen molar-refractivity contribution in [3.63, 3.8) is 0 Å². The molecular weight excluding hydrogens is 574 g/mol. The fraction of sp³-hybridized carbons (Fsp3) is 0.516. The smallest absolute Gasteiger partial charge is 0.338 e. The number of carbonyl (C=O) groups excluding carboxylic acids is 3. The van der Waals surface area contributed by atoms with Crippen LogP contribution in [0.15, 0.2) is 36.4 Å². The van der Waals surface area contributed by atoms with Crippen LogP contribution in [0.25, 0.3) is 0 Å². The van der Waals surface area contributed by atoms with Crippen molar-refractivity contribution in [2.24, 2.45) is 5.92 Å². The van der Waals surface area contributed by atoms with Crippen LogP contribution in [0.2, 0.25) is 5.02 Å². The molecule has 43 heavy (non-hydrogen) atoms. The first-order valence-electron chi connectivity index (χ1n) is 14.8. The van der Waals surface area contributed by atoms with Crippen LogP contribution in [-0.2, 0) is 9.47 Å². The van der Waals surface area contributed by atoms with E-state index in [1.54, 1.807) is 31.4 Å². The lowest BCUT2D eigenvalue weighted by Gasteiger charge is -2.43. The van der Waals surface area contributed by atoms with Crippen LogP contribution in [0.3, 0.4) is 0 Å². The number of piperidine rings is 4. The summed E-state index contributed by atoms with van der Waals surface area (Å²) in [6.45, 7) is 5.35. The molecule has 2 bridgehead atoms. The number of nitrogen functional groups attached to an aromatic ring is 1. The molecule has 6 rings (SSSR count). The average Bonchev–Trinajstić information content (AvgIpc) is 3.03. The summed E-state index contributed by atoms with van der Waals surface area (Å²) in [5.41, 5.74) is 7.41. The Balaban J connectivity index is 1.06. The average molecular weight is 614 g/mol. The quantitative estimate of drug-likeness (QED) is 0.273. The van der Waals surface area contributed by atoms with Crippen molar-refractivity contribution in [1.29, 1.82) is 0 Å². The Labute approximate surface area is 256 Å². The van der Waals surface area contributed by atoms with Gasteiger partial charge in [-0.05, 0) is 68.6 Å². The first-order valence-corrected chi connectivity index (χ1v) is 15.1. The zero-order valence-electron chi connectivity index (χ0n) is 24.6. The van der Waals surface area contributed by atoms with Crippen molar-refractivity contribution < 1.29 is 28.6 Å². The van der Waals surface area contributed by atoms with Gasteiger partial charge < -0.3 is 30.6 Å². The lowest BCUT2D eigenvalue weighted by molar-refractivity contribution is -0.0455. The molecule has 3 atom stereocenters. The maximum Gasteiger partial charge on any atom is 0.338 e. The number of methoxy groups -OCH3 is 2. The van der Waals surface area contributed by atoms with Crippen molar-refractivity contribution >= 4 is 35.1 Å². The van der Waals surface area contributed by atoms with Gasteiger partial charge in [0.15, 0.2) is 0 Å².